The molecular weight excluding hydrogens is 334 g/mol. The average Bonchev–Trinajstić information content (AvgIpc) is 3.30. The van der Waals surface area contributed by atoms with Crippen LogP contribution in [0.3, 0.4) is 0 Å². The minimum Gasteiger partial charge on any atom is -0.497 e. The summed E-state index contributed by atoms with van der Waals surface area (Å²) in [7, 11) is 1.65. The lowest BCUT2D eigenvalue weighted by atomic mass is 10.0. The van der Waals surface area contributed by atoms with Crippen LogP contribution in [0.4, 0.5) is 5.69 Å². The van der Waals surface area contributed by atoms with Gasteiger partial charge in [-0.3, -0.25) is 4.98 Å². The molecule has 5 nitrogen and oxygen atoms in total. The van der Waals surface area contributed by atoms with Crippen molar-refractivity contribution >= 4 is 23.0 Å². The highest BCUT2D eigenvalue weighted by molar-refractivity contribution is 7.80. The number of pyridine rings is 1. The lowest BCUT2D eigenvalue weighted by Gasteiger charge is -2.26. The first-order valence-electron chi connectivity index (χ1n) is 7.96. The Hall–Kier alpha value is -2.86. The van der Waals surface area contributed by atoms with Crippen LogP contribution in [0, 0.1) is 0 Å². The molecule has 6 heteroatoms. The van der Waals surface area contributed by atoms with Crippen LogP contribution in [-0.2, 0) is 0 Å². The topological polar surface area (TPSA) is 50.5 Å². The van der Waals surface area contributed by atoms with Gasteiger partial charge in [-0.1, -0.05) is 6.07 Å². The van der Waals surface area contributed by atoms with Gasteiger partial charge in [0, 0.05) is 11.9 Å². The summed E-state index contributed by atoms with van der Waals surface area (Å²) in [5.41, 5.74) is 1.89. The molecule has 0 amide bonds. The number of furan rings is 1. The fourth-order valence-corrected chi connectivity index (χ4v) is 3.47. The number of hydrogen-bond donors (Lipinski definition) is 1. The minimum absolute atomic E-state index is 0.0954. The molecule has 0 radical (unpaired) electrons. The van der Waals surface area contributed by atoms with Gasteiger partial charge in [0.05, 0.1) is 25.1 Å². The number of anilines is 1. The minimum atomic E-state index is -0.120. The molecule has 0 spiro atoms. The summed E-state index contributed by atoms with van der Waals surface area (Å²) in [4.78, 5) is 6.56. The molecule has 0 bridgehead atoms. The molecule has 3 heterocycles. The van der Waals surface area contributed by atoms with Gasteiger partial charge in [0.15, 0.2) is 5.11 Å². The molecule has 1 aliphatic rings. The molecule has 1 aromatic carbocycles. The Bertz CT molecular complexity index is 850. The first-order chi connectivity index (χ1) is 12.3. The molecule has 1 N–H and O–H groups in total. The predicted molar refractivity (Wildman–Crippen MR) is 99.6 cm³/mol. The molecule has 3 aromatic rings. The van der Waals surface area contributed by atoms with Crippen LogP contribution in [0.5, 0.6) is 5.75 Å². The molecule has 25 heavy (non-hydrogen) atoms. The smallest absolute Gasteiger partial charge is 0.174 e. The lowest BCUT2D eigenvalue weighted by molar-refractivity contribution is 0.414. The van der Waals surface area contributed by atoms with Crippen molar-refractivity contribution in [1.82, 2.24) is 10.3 Å². The van der Waals surface area contributed by atoms with Crippen LogP contribution in [0.25, 0.3) is 0 Å². The number of aromatic nitrogens is 1. The molecular formula is C19H17N3O2S. The molecule has 0 aliphatic carbocycles. The highest BCUT2D eigenvalue weighted by atomic mass is 32.1. The van der Waals surface area contributed by atoms with Crippen LogP contribution in [-0.4, -0.2) is 17.2 Å². The van der Waals surface area contributed by atoms with Gasteiger partial charge >= 0.3 is 0 Å². The first-order valence-corrected chi connectivity index (χ1v) is 8.37. The van der Waals surface area contributed by atoms with Crippen molar-refractivity contribution in [1.29, 1.82) is 0 Å². The number of hydrogen-bond acceptors (Lipinski definition) is 4. The SMILES string of the molecule is COc1ccc(N2C(=S)N[C@H](c3ccccn3)[C@H]2c2ccco2)cc1. The number of rotatable bonds is 4. The molecule has 1 saturated heterocycles. The maximum atomic E-state index is 5.72. The standard InChI is InChI=1S/C19H17N3O2S/c1-23-14-9-7-13(8-10-14)22-18(16-6-4-12-24-16)17(21-19(22)25)15-5-2-3-11-20-15/h2-12,17-18H,1H3,(H,21,25)/t17-,18-/m1/s1. The second-order valence-corrected chi connectivity index (χ2v) is 6.10. The summed E-state index contributed by atoms with van der Waals surface area (Å²) in [5.74, 6) is 1.64. The summed E-state index contributed by atoms with van der Waals surface area (Å²) in [5, 5.41) is 4.03. The molecule has 1 aliphatic heterocycles. The van der Waals surface area contributed by atoms with E-state index in [0.717, 1.165) is 22.9 Å². The van der Waals surface area contributed by atoms with Gasteiger partial charge in [0.25, 0.3) is 0 Å². The van der Waals surface area contributed by atoms with Gasteiger partial charge in [-0.15, -0.1) is 0 Å². The normalized spacial score (nSPS) is 19.7. The van der Waals surface area contributed by atoms with E-state index in [4.69, 9.17) is 21.4 Å². The average molecular weight is 351 g/mol. The van der Waals surface area contributed by atoms with Crippen molar-refractivity contribution in [3.8, 4) is 5.75 Å². The van der Waals surface area contributed by atoms with Crippen LogP contribution < -0.4 is 15.0 Å². The fourth-order valence-electron chi connectivity index (χ4n) is 3.12. The fraction of sp³-hybridized carbons (Fsp3) is 0.158. The zero-order chi connectivity index (χ0) is 17.2. The molecule has 0 unspecified atom stereocenters. The Labute approximate surface area is 151 Å². The van der Waals surface area contributed by atoms with E-state index in [9.17, 15) is 0 Å². The third kappa shape index (κ3) is 2.85. The third-order valence-electron chi connectivity index (χ3n) is 4.28. The van der Waals surface area contributed by atoms with Crippen molar-refractivity contribution in [3.05, 3.63) is 78.5 Å². The van der Waals surface area contributed by atoms with E-state index in [-0.39, 0.29) is 12.1 Å². The van der Waals surface area contributed by atoms with E-state index in [0.29, 0.717) is 5.11 Å². The summed E-state index contributed by atoms with van der Waals surface area (Å²) in [6.45, 7) is 0. The number of nitrogens with one attached hydrogen (secondary N) is 1. The summed E-state index contributed by atoms with van der Waals surface area (Å²) in [6, 6.07) is 17.3. The van der Waals surface area contributed by atoms with Crippen LogP contribution in [0.2, 0.25) is 0 Å². The van der Waals surface area contributed by atoms with Crippen LogP contribution in [0.15, 0.2) is 71.5 Å². The predicted octanol–water partition coefficient (Wildman–Crippen LogP) is 3.86. The number of nitrogens with zero attached hydrogens (tertiary/aromatic N) is 2. The molecule has 126 valence electrons. The second kappa shape index (κ2) is 6.57. The molecule has 2 atom stereocenters. The van der Waals surface area contributed by atoms with Gasteiger partial charge in [0.2, 0.25) is 0 Å². The van der Waals surface area contributed by atoms with Gasteiger partial charge in [-0.05, 0) is 60.7 Å². The molecule has 0 saturated carbocycles. The van der Waals surface area contributed by atoms with E-state index in [1.807, 2.05) is 54.6 Å². The summed E-state index contributed by atoms with van der Waals surface area (Å²) < 4.78 is 11.0. The van der Waals surface area contributed by atoms with E-state index in [1.165, 1.54) is 0 Å². The van der Waals surface area contributed by atoms with Crippen molar-refractivity contribution in [3.63, 3.8) is 0 Å². The quantitative estimate of drug-likeness (QED) is 0.721. The van der Waals surface area contributed by atoms with Gasteiger partial charge in [-0.25, -0.2) is 0 Å². The second-order valence-electron chi connectivity index (χ2n) is 5.71. The van der Waals surface area contributed by atoms with Gasteiger partial charge in [-0.2, -0.15) is 0 Å². The largest absolute Gasteiger partial charge is 0.497 e. The monoisotopic (exact) mass is 351 g/mol. The Morgan fingerprint density at radius 1 is 1.12 bits per heavy atom. The van der Waals surface area contributed by atoms with Crippen molar-refractivity contribution in [2.45, 2.75) is 12.1 Å². The van der Waals surface area contributed by atoms with Crippen LogP contribution in [0.1, 0.15) is 23.5 Å². The third-order valence-corrected chi connectivity index (χ3v) is 4.60. The number of benzene rings is 1. The zero-order valence-corrected chi connectivity index (χ0v) is 14.4. The zero-order valence-electron chi connectivity index (χ0n) is 13.6. The van der Waals surface area contributed by atoms with Crippen molar-refractivity contribution in [2.75, 3.05) is 12.0 Å². The Balaban J connectivity index is 1.77. The van der Waals surface area contributed by atoms with E-state index >= 15 is 0 Å². The van der Waals surface area contributed by atoms with Crippen LogP contribution >= 0.6 is 12.2 Å². The van der Waals surface area contributed by atoms with Gasteiger partial charge < -0.3 is 19.4 Å². The number of ether oxygens (including phenoxy) is 1. The van der Waals surface area contributed by atoms with E-state index < -0.39 is 0 Å². The number of thiocarbonyl (C=S) groups is 1. The Morgan fingerprint density at radius 2 is 1.96 bits per heavy atom. The first kappa shape index (κ1) is 15.7. The highest BCUT2D eigenvalue weighted by Crippen LogP contribution is 2.41. The van der Waals surface area contributed by atoms with Crippen molar-refractivity contribution in [2.24, 2.45) is 0 Å². The van der Waals surface area contributed by atoms with E-state index in [2.05, 4.69) is 15.2 Å². The summed E-state index contributed by atoms with van der Waals surface area (Å²) >= 11 is 5.63. The maximum Gasteiger partial charge on any atom is 0.174 e. The molecule has 1 fully saturated rings. The maximum absolute atomic E-state index is 5.72. The Kier molecular flexibility index (Phi) is 4.11. The lowest BCUT2D eigenvalue weighted by Crippen LogP contribution is -2.29. The van der Waals surface area contributed by atoms with Gasteiger partial charge in [0.1, 0.15) is 17.6 Å². The highest BCUT2D eigenvalue weighted by Gasteiger charge is 2.42. The number of methoxy groups -OCH3 is 1. The van der Waals surface area contributed by atoms with E-state index in [1.54, 1.807) is 19.6 Å². The molecule has 4 rings (SSSR count). The van der Waals surface area contributed by atoms with Crippen molar-refractivity contribution < 1.29 is 9.15 Å². The summed E-state index contributed by atoms with van der Waals surface area (Å²) in [6.07, 6.45) is 3.47. The Morgan fingerprint density at radius 3 is 2.60 bits per heavy atom. The molecule has 2 aromatic heterocycles.